The normalized spacial score (nSPS) is 15.9. The molecule has 0 radical (unpaired) electrons. The van der Waals surface area contributed by atoms with Gasteiger partial charge in [0.2, 0.25) is 0 Å². The highest BCUT2D eigenvalue weighted by molar-refractivity contribution is 5.98. The number of hydrogen-bond donors (Lipinski definition) is 6. The number of benzene rings is 2. The monoisotopic (exact) mass is 618 g/mol. The van der Waals surface area contributed by atoms with Crippen molar-refractivity contribution < 1.29 is 9.47 Å². The lowest BCUT2D eigenvalue weighted by atomic mass is 10.1. The first kappa shape index (κ1) is 32.9. The van der Waals surface area contributed by atoms with Gasteiger partial charge in [0, 0.05) is 73.3 Å². The molecule has 45 heavy (non-hydrogen) atoms. The molecule has 0 bridgehead atoms. The Bertz CT molecular complexity index is 1470. The zero-order valence-electron chi connectivity index (χ0n) is 27.4. The van der Waals surface area contributed by atoms with Crippen molar-refractivity contribution >= 4 is 33.2 Å². The predicted octanol–water partition coefficient (Wildman–Crippen LogP) is 4.64. The van der Waals surface area contributed by atoms with Crippen molar-refractivity contribution in [1.82, 2.24) is 30.4 Å². The Labute approximate surface area is 268 Å². The summed E-state index contributed by atoms with van der Waals surface area (Å²) >= 11 is 0. The van der Waals surface area contributed by atoms with E-state index in [1.807, 2.05) is 36.5 Å². The number of nitrogens with one attached hydrogen (secondary N) is 4. The first-order valence-electron chi connectivity index (χ1n) is 16.9. The Morgan fingerprint density at radius 1 is 0.689 bits per heavy atom. The lowest BCUT2D eigenvalue weighted by Crippen LogP contribution is -2.36. The minimum absolute atomic E-state index is 0.663. The summed E-state index contributed by atoms with van der Waals surface area (Å²) in [6.07, 6.45) is 8.70. The molecule has 2 aliphatic heterocycles. The number of aromatic nitrogens is 2. The van der Waals surface area contributed by atoms with E-state index in [1.165, 1.54) is 63.8 Å². The third kappa shape index (κ3) is 9.07. The van der Waals surface area contributed by atoms with E-state index in [2.05, 4.69) is 44.2 Å². The molecule has 2 saturated heterocycles. The molecule has 0 atom stereocenters. The number of aryl methyl sites for hydroxylation is 2. The van der Waals surface area contributed by atoms with Crippen LogP contribution in [0.2, 0.25) is 0 Å². The van der Waals surface area contributed by atoms with Crippen LogP contribution in [0.5, 0.6) is 11.5 Å². The Morgan fingerprint density at radius 3 is 1.87 bits per heavy atom. The molecule has 2 aliphatic rings. The molecule has 0 aliphatic carbocycles. The summed E-state index contributed by atoms with van der Waals surface area (Å²) in [5, 5.41) is 9.02. The maximum atomic E-state index is 6.10. The van der Waals surface area contributed by atoms with Gasteiger partial charge in [-0.1, -0.05) is 6.42 Å². The van der Waals surface area contributed by atoms with Crippen LogP contribution in [0.3, 0.4) is 0 Å². The SMILES string of the molecule is Cc1[nH]c2c(OCCNCCN3CCCC3)ccc(N)c2c1C.Nc1ccc(OCCNCCN2CCCCC2)c2[nH]ccc12. The van der Waals surface area contributed by atoms with E-state index in [4.69, 9.17) is 20.9 Å². The number of piperidine rings is 1. The van der Waals surface area contributed by atoms with Crippen molar-refractivity contribution in [1.29, 1.82) is 0 Å². The number of nitrogen functional groups attached to an aromatic ring is 2. The number of aromatic amines is 2. The lowest BCUT2D eigenvalue weighted by molar-refractivity contribution is 0.226. The summed E-state index contributed by atoms with van der Waals surface area (Å²) in [5.74, 6) is 1.75. The van der Waals surface area contributed by atoms with Crippen LogP contribution < -0.4 is 31.6 Å². The summed E-state index contributed by atoms with van der Waals surface area (Å²) in [5.41, 5.74) is 18.0. The summed E-state index contributed by atoms with van der Waals surface area (Å²) in [7, 11) is 0. The van der Waals surface area contributed by atoms with Gasteiger partial charge in [0.05, 0.1) is 11.0 Å². The maximum Gasteiger partial charge on any atom is 0.143 e. The van der Waals surface area contributed by atoms with E-state index in [0.717, 1.165) is 89.6 Å². The fourth-order valence-corrected chi connectivity index (χ4v) is 6.37. The molecular weight excluding hydrogens is 564 g/mol. The molecule has 4 aromatic rings. The van der Waals surface area contributed by atoms with Gasteiger partial charge >= 0.3 is 0 Å². The lowest BCUT2D eigenvalue weighted by Gasteiger charge is -2.26. The highest BCUT2D eigenvalue weighted by atomic mass is 16.5. The highest BCUT2D eigenvalue weighted by Gasteiger charge is 2.13. The Balaban J connectivity index is 0.000000178. The Kier molecular flexibility index (Phi) is 12.3. The second-order valence-electron chi connectivity index (χ2n) is 12.3. The van der Waals surface area contributed by atoms with Crippen LogP contribution in [0.1, 0.15) is 43.4 Å². The number of nitrogens with two attached hydrogens (primary N) is 2. The van der Waals surface area contributed by atoms with Crippen molar-refractivity contribution in [3.8, 4) is 11.5 Å². The van der Waals surface area contributed by atoms with Gasteiger partial charge in [0.25, 0.3) is 0 Å². The zero-order chi connectivity index (χ0) is 31.4. The fraction of sp³-hybridized carbons (Fsp3) is 0.543. The van der Waals surface area contributed by atoms with Crippen LogP contribution >= 0.6 is 0 Å². The fourth-order valence-electron chi connectivity index (χ4n) is 6.37. The molecule has 2 aromatic heterocycles. The standard InChI is InChI=1S/C18H28N4O.C17H26N4O/c1-13-14(2)21-18-16(6-5-15(19)17(13)18)23-12-8-20-7-11-22-9-3-4-10-22;18-15-4-5-16(17-14(15)6-7-20-17)22-13-9-19-8-12-21-10-2-1-3-11-21/h5-6,20-21H,3-4,7-12,19H2,1-2H3;4-7,19-20H,1-3,8-13,18H2. The molecule has 0 spiro atoms. The van der Waals surface area contributed by atoms with E-state index in [0.29, 0.717) is 13.2 Å². The van der Waals surface area contributed by atoms with Gasteiger partial charge in [-0.3, -0.25) is 0 Å². The van der Waals surface area contributed by atoms with Crippen molar-refractivity contribution in [3.05, 3.63) is 47.8 Å². The highest BCUT2D eigenvalue weighted by Crippen LogP contribution is 2.33. The molecule has 0 saturated carbocycles. The molecule has 8 N–H and O–H groups in total. The number of anilines is 2. The van der Waals surface area contributed by atoms with Crippen molar-refractivity contribution in [2.45, 2.75) is 46.0 Å². The van der Waals surface area contributed by atoms with Gasteiger partial charge in [0.15, 0.2) is 0 Å². The molecular formula is C35H54N8O2. The maximum absolute atomic E-state index is 6.10. The number of nitrogens with zero attached hydrogens (tertiary/aromatic N) is 2. The zero-order valence-corrected chi connectivity index (χ0v) is 27.4. The van der Waals surface area contributed by atoms with Gasteiger partial charge in [-0.25, -0.2) is 0 Å². The van der Waals surface area contributed by atoms with Gasteiger partial charge < -0.3 is 51.3 Å². The largest absolute Gasteiger partial charge is 0.490 e. The van der Waals surface area contributed by atoms with Gasteiger partial charge in [-0.05, 0) is 102 Å². The van der Waals surface area contributed by atoms with E-state index < -0.39 is 0 Å². The van der Waals surface area contributed by atoms with E-state index >= 15 is 0 Å². The van der Waals surface area contributed by atoms with Crippen molar-refractivity contribution in [2.75, 3.05) is 90.1 Å². The van der Waals surface area contributed by atoms with Crippen LogP contribution in [0, 0.1) is 13.8 Å². The second kappa shape index (κ2) is 16.7. The molecule has 2 fully saturated rings. The number of fused-ring (bicyclic) bond motifs is 2. The topological polar surface area (TPSA) is 133 Å². The smallest absolute Gasteiger partial charge is 0.143 e. The summed E-state index contributed by atoms with van der Waals surface area (Å²) in [4.78, 5) is 11.6. The third-order valence-corrected chi connectivity index (χ3v) is 9.10. The quantitative estimate of drug-likeness (QED) is 0.0890. The van der Waals surface area contributed by atoms with Crippen LogP contribution in [0.15, 0.2) is 36.5 Å². The number of rotatable bonds is 14. The van der Waals surface area contributed by atoms with Crippen LogP contribution in [-0.4, -0.2) is 98.4 Å². The summed E-state index contributed by atoms with van der Waals surface area (Å²) < 4.78 is 11.8. The second-order valence-corrected chi connectivity index (χ2v) is 12.3. The van der Waals surface area contributed by atoms with E-state index in [-0.39, 0.29) is 0 Å². The molecule has 0 unspecified atom stereocenters. The minimum Gasteiger partial charge on any atom is -0.490 e. The number of ether oxygens (including phenoxy) is 2. The molecule has 2 aromatic carbocycles. The van der Waals surface area contributed by atoms with Crippen LogP contribution in [0.25, 0.3) is 21.8 Å². The Morgan fingerprint density at radius 2 is 1.24 bits per heavy atom. The van der Waals surface area contributed by atoms with E-state index in [1.54, 1.807) is 0 Å². The molecule has 0 amide bonds. The number of hydrogen-bond acceptors (Lipinski definition) is 8. The summed E-state index contributed by atoms with van der Waals surface area (Å²) in [6.45, 7) is 16.6. The van der Waals surface area contributed by atoms with Crippen LogP contribution in [-0.2, 0) is 0 Å². The van der Waals surface area contributed by atoms with Crippen molar-refractivity contribution in [2.24, 2.45) is 0 Å². The number of likely N-dealkylation sites (tertiary alicyclic amines) is 2. The van der Waals surface area contributed by atoms with Gasteiger partial charge in [-0.2, -0.15) is 0 Å². The summed E-state index contributed by atoms with van der Waals surface area (Å²) in [6, 6.07) is 9.70. The average Bonchev–Trinajstić information content (AvgIpc) is 3.82. The minimum atomic E-state index is 0.663. The number of H-pyrrole nitrogens is 2. The molecule has 10 nitrogen and oxygen atoms in total. The average molecular weight is 619 g/mol. The Hall–Kier alpha value is -3.44. The molecule has 246 valence electrons. The first-order chi connectivity index (χ1) is 22.0. The van der Waals surface area contributed by atoms with Crippen LogP contribution in [0.4, 0.5) is 11.4 Å². The first-order valence-corrected chi connectivity index (χ1v) is 16.9. The van der Waals surface area contributed by atoms with Crippen molar-refractivity contribution in [3.63, 3.8) is 0 Å². The molecule has 6 rings (SSSR count). The predicted molar refractivity (Wildman–Crippen MR) is 188 cm³/mol. The van der Waals surface area contributed by atoms with Gasteiger partial charge in [-0.15, -0.1) is 0 Å². The molecule has 4 heterocycles. The van der Waals surface area contributed by atoms with Gasteiger partial charge in [0.1, 0.15) is 24.7 Å². The third-order valence-electron chi connectivity index (χ3n) is 9.10. The molecule has 10 heteroatoms. The van der Waals surface area contributed by atoms with E-state index in [9.17, 15) is 0 Å².